The van der Waals surface area contributed by atoms with Gasteiger partial charge in [0.2, 0.25) is 0 Å². The third-order valence-corrected chi connectivity index (χ3v) is 1.72. The summed E-state index contributed by atoms with van der Waals surface area (Å²) in [5, 5.41) is 0. The second-order valence-electron chi connectivity index (χ2n) is 2.38. The smallest absolute Gasteiger partial charge is 0.0266 e. The lowest BCUT2D eigenvalue weighted by atomic mass is 10.1. The fraction of sp³-hybridized carbons (Fsp3) is 0.250. The molecule has 0 heterocycles. The summed E-state index contributed by atoms with van der Waals surface area (Å²) in [4.78, 5) is 0.976. The largest absolute Gasteiger partial charge is 0.324 e. The molecule has 1 rings (SSSR count). The molecule has 1 aromatic carbocycles. The van der Waals surface area contributed by atoms with Gasteiger partial charge in [-0.25, -0.2) is 0 Å². The van der Waals surface area contributed by atoms with E-state index in [0.717, 1.165) is 10.5 Å². The normalized spacial score (nSPS) is 13.1. The molecule has 1 nitrogen and oxygen atoms in total. The molecule has 54 valence electrons. The average molecular weight is 153 g/mol. The van der Waals surface area contributed by atoms with E-state index in [2.05, 4.69) is 12.6 Å². The van der Waals surface area contributed by atoms with Gasteiger partial charge in [0.15, 0.2) is 0 Å². The molecule has 0 bridgehead atoms. The summed E-state index contributed by atoms with van der Waals surface area (Å²) in [6.07, 6.45) is 0. The van der Waals surface area contributed by atoms with Crippen LogP contribution in [0.5, 0.6) is 0 Å². The molecule has 0 amide bonds. The maximum atomic E-state index is 5.64. The number of hydrogen-bond donors (Lipinski definition) is 2. The minimum atomic E-state index is 0.119. The van der Waals surface area contributed by atoms with Gasteiger partial charge in [0.1, 0.15) is 0 Å². The Bertz CT molecular complexity index is 203. The highest BCUT2D eigenvalue weighted by Gasteiger charge is 1.95. The van der Waals surface area contributed by atoms with Crippen molar-refractivity contribution >= 4 is 12.6 Å². The van der Waals surface area contributed by atoms with Crippen molar-refractivity contribution in [3.05, 3.63) is 29.8 Å². The standard InChI is InChI=1S/C8H11NS/c1-6(9)7-2-4-8(10)5-3-7/h2-6,10H,9H2,1H3/t6-/m0/s1. The maximum absolute atomic E-state index is 5.64. The van der Waals surface area contributed by atoms with E-state index < -0.39 is 0 Å². The first-order valence-electron chi connectivity index (χ1n) is 3.24. The molecule has 0 unspecified atom stereocenters. The van der Waals surface area contributed by atoms with Gasteiger partial charge in [0.05, 0.1) is 0 Å². The Morgan fingerprint density at radius 2 is 1.80 bits per heavy atom. The van der Waals surface area contributed by atoms with Crippen molar-refractivity contribution in [1.82, 2.24) is 0 Å². The van der Waals surface area contributed by atoms with Gasteiger partial charge >= 0.3 is 0 Å². The predicted octanol–water partition coefficient (Wildman–Crippen LogP) is 2.00. The van der Waals surface area contributed by atoms with Gasteiger partial charge in [0, 0.05) is 10.9 Å². The molecule has 2 heteroatoms. The third-order valence-electron chi connectivity index (χ3n) is 1.42. The minimum Gasteiger partial charge on any atom is -0.324 e. The molecule has 0 aliphatic heterocycles. The van der Waals surface area contributed by atoms with Crippen molar-refractivity contribution in [3.8, 4) is 0 Å². The first-order chi connectivity index (χ1) is 4.70. The van der Waals surface area contributed by atoms with E-state index >= 15 is 0 Å². The van der Waals surface area contributed by atoms with Crippen LogP contribution in [-0.2, 0) is 0 Å². The highest BCUT2D eigenvalue weighted by molar-refractivity contribution is 7.80. The number of benzene rings is 1. The number of hydrogen-bond acceptors (Lipinski definition) is 2. The lowest BCUT2D eigenvalue weighted by Gasteiger charge is -2.03. The van der Waals surface area contributed by atoms with Crippen LogP contribution in [0.4, 0.5) is 0 Å². The first-order valence-corrected chi connectivity index (χ1v) is 3.69. The molecule has 0 aliphatic carbocycles. The van der Waals surface area contributed by atoms with Gasteiger partial charge in [-0.15, -0.1) is 12.6 Å². The van der Waals surface area contributed by atoms with Gasteiger partial charge in [-0.1, -0.05) is 12.1 Å². The molecule has 0 saturated heterocycles. The van der Waals surface area contributed by atoms with Gasteiger partial charge in [-0.3, -0.25) is 0 Å². The molecule has 0 saturated carbocycles. The van der Waals surface area contributed by atoms with Crippen LogP contribution < -0.4 is 5.73 Å². The van der Waals surface area contributed by atoms with Crippen LogP contribution in [0.15, 0.2) is 29.2 Å². The summed E-state index contributed by atoms with van der Waals surface area (Å²) in [7, 11) is 0. The van der Waals surface area contributed by atoms with Gasteiger partial charge < -0.3 is 5.73 Å². The molecular formula is C8H11NS. The van der Waals surface area contributed by atoms with E-state index in [9.17, 15) is 0 Å². The Kier molecular flexibility index (Phi) is 2.35. The topological polar surface area (TPSA) is 26.0 Å². The van der Waals surface area contributed by atoms with Crippen LogP contribution in [-0.4, -0.2) is 0 Å². The number of nitrogens with two attached hydrogens (primary N) is 1. The molecule has 0 aromatic heterocycles. The molecule has 1 aromatic rings. The predicted molar refractivity (Wildman–Crippen MR) is 46.3 cm³/mol. The molecule has 0 spiro atoms. The van der Waals surface area contributed by atoms with Crippen LogP contribution >= 0.6 is 12.6 Å². The molecule has 10 heavy (non-hydrogen) atoms. The Morgan fingerprint density at radius 3 is 2.20 bits per heavy atom. The van der Waals surface area contributed by atoms with Crippen LogP contribution in [0.3, 0.4) is 0 Å². The van der Waals surface area contributed by atoms with Crippen LogP contribution in [0.2, 0.25) is 0 Å². The minimum absolute atomic E-state index is 0.119. The fourth-order valence-corrected chi connectivity index (χ4v) is 0.927. The molecule has 0 aliphatic rings. The lowest BCUT2D eigenvalue weighted by Crippen LogP contribution is -2.03. The summed E-state index contributed by atoms with van der Waals surface area (Å²) < 4.78 is 0. The number of thiol groups is 1. The van der Waals surface area contributed by atoms with Crippen molar-refractivity contribution in [2.75, 3.05) is 0 Å². The number of rotatable bonds is 1. The summed E-state index contributed by atoms with van der Waals surface area (Å²) >= 11 is 4.16. The third kappa shape index (κ3) is 1.75. The lowest BCUT2D eigenvalue weighted by molar-refractivity contribution is 0.817. The van der Waals surface area contributed by atoms with Crippen LogP contribution in [0.1, 0.15) is 18.5 Å². The zero-order valence-corrected chi connectivity index (χ0v) is 6.81. The monoisotopic (exact) mass is 153 g/mol. The van der Waals surface area contributed by atoms with Crippen molar-refractivity contribution in [3.63, 3.8) is 0 Å². The Labute approximate surface area is 66.7 Å². The summed E-state index contributed by atoms with van der Waals surface area (Å²) in [6, 6.07) is 8.00. The average Bonchev–Trinajstić information content (AvgIpc) is 1.88. The quantitative estimate of drug-likeness (QED) is 0.593. The van der Waals surface area contributed by atoms with Gasteiger partial charge in [0.25, 0.3) is 0 Å². The second kappa shape index (κ2) is 3.08. The molecular weight excluding hydrogens is 142 g/mol. The van der Waals surface area contributed by atoms with Crippen molar-refractivity contribution in [2.45, 2.75) is 17.9 Å². The van der Waals surface area contributed by atoms with E-state index in [1.807, 2.05) is 31.2 Å². The molecule has 0 fully saturated rings. The summed E-state index contributed by atoms with van der Waals surface area (Å²) in [5.74, 6) is 0. The Morgan fingerprint density at radius 1 is 1.30 bits per heavy atom. The van der Waals surface area contributed by atoms with E-state index in [0.29, 0.717) is 0 Å². The fourth-order valence-electron chi connectivity index (χ4n) is 0.778. The maximum Gasteiger partial charge on any atom is 0.0266 e. The highest BCUT2D eigenvalue weighted by Crippen LogP contribution is 2.12. The first kappa shape index (κ1) is 7.63. The summed E-state index contributed by atoms with van der Waals surface area (Å²) in [5.41, 5.74) is 6.79. The zero-order chi connectivity index (χ0) is 7.56. The van der Waals surface area contributed by atoms with Crippen LogP contribution in [0, 0.1) is 0 Å². The zero-order valence-electron chi connectivity index (χ0n) is 5.91. The summed E-state index contributed by atoms with van der Waals surface area (Å²) in [6.45, 7) is 1.97. The van der Waals surface area contributed by atoms with Crippen molar-refractivity contribution in [2.24, 2.45) is 5.73 Å². The van der Waals surface area contributed by atoms with Gasteiger partial charge in [-0.2, -0.15) is 0 Å². The second-order valence-corrected chi connectivity index (χ2v) is 2.90. The Hall–Kier alpha value is -0.470. The van der Waals surface area contributed by atoms with Crippen molar-refractivity contribution < 1.29 is 0 Å². The molecule has 1 atom stereocenters. The van der Waals surface area contributed by atoms with E-state index in [-0.39, 0.29) is 6.04 Å². The SMILES string of the molecule is C[C@H](N)c1ccc(S)cc1. The highest BCUT2D eigenvalue weighted by atomic mass is 32.1. The van der Waals surface area contributed by atoms with E-state index in [1.165, 1.54) is 0 Å². The molecule has 2 N–H and O–H groups in total. The molecule has 0 radical (unpaired) electrons. The Balaban J connectivity index is 2.89. The van der Waals surface area contributed by atoms with E-state index in [4.69, 9.17) is 5.73 Å². The van der Waals surface area contributed by atoms with Gasteiger partial charge in [-0.05, 0) is 24.6 Å². The van der Waals surface area contributed by atoms with Crippen LogP contribution in [0.25, 0.3) is 0 Å². The van der Waals surface area contributed by atoms with E-state index in [1.54, 1.807) is 0 Å². The van der Waals surface area contributed by atoms with Crippen molar-refractivity contribution in [1.29, 1.82) is 0 Å².